The monoisotopic (exact) mass is 387 g/mol. The molecular formula is C20H15Cl2NO3. The van der Waals surface area contributed by atoms with E-state index < -0.39 is 23.7 Å². The molecule has 0 fully saturated rings. The van der Waals surface area contributed by atoms with Gasteiger partial charge in [-0.3, -0.25) is 9.59 Å². The summed E-state index contributed by atoms with van der Waals surface area (Å²) in [5.74, 6) is -1.10. The van der Waals surface area contributed by atoms with Crippen LogP contribution < -0.4 is 5.32 Å². The van der Waals surface area contributed by atoms with E-state index in [1.165, 1.54) is 18.2 Å². The second-order valence-electron chi connectivity index (χ2n) is 5.90. The van der Waals surface area contributed by atoms with E-state index in [4.69, 9.17) is 23.2 Å². The lowest BCUT2D eigenvalue weighted by atomic mass is 9.89. The Hall–Kier alpha value is -2.40. The summed E-state index contributed by atoms with van der Waals surface area (Å²) in [6.45, 7) is 0. The molecule has 1 aliphatic rings. The van der Waals surface area contributed by atoms with Crippen LogP contribution in [0.2, 0.25) is 10.0 Å². The van der Waals surface area contributed by atoms with Crippen molar-refractivity contribution in [3.05, 3.63) is 81.9 Å². The lowest BCUT2D eigenvalue weighted by molar-refractivity contribution is -0.138. The van der Waals surface area contributed by atoms with E-state index in [9.17, 15) is 14.7 Å². The first kappa shape index (κ1) is 18.4. The molecule has 3 rings (SSSR count). The van der Waals surface area contributed by atoms with Gasteiger partial charge in [-0.1, -0.05) is 71.8 Å². The Kier molecular flexibility index (Phi) is 5.28. The summed E-state index contributed by atoms with van der Waals surface area (Å²) >= 11 is 12.0. The first-order chi connectivity index (χ1) is 12.4. The quantitative estimate of drug-likeness (QED) is 0.591. The van der Waals surface area contributed by atoms with E-state index in [1.807, 2.05) is 36.4 Å². The fourth-order valence-electron chi connectivity index (χ4n) is 2.81. The van der Waals surface area contributed by atoms with E-state index in [0.717, 1.165) is 5.56 Å². The second-order valence-corrected chi connectivity index (χ2v) is 6.74. The molecule has 6 heteroatoms. The molecule has 26 heavy (non-hydrogen) atoms. The van der Waals surface area contributed by atoms with E-state index in [2.05, 4.69) is 5.32 Å². The number of hydrogen-bond acceptors (Lipinski definition) is 3. The predicted octanol–water partition coefficient (Wildman–Crippen LogP) is 4.36. The minimum atomic E-state index is -2.01. The van der Waals surface area contributed by atoms with Crippen molar-refractivity contribution in [1.82, 2.24) is 0 Å². The average Bonchev–Trinajstić information content (AvgIpc) is 2.82. The molecule has 0 saturated carbocycles. The molecule has 0 aromatic heterocycles. The third-order valence-corrected chi connectivity index (χ3v) is 4.52. The number of ketones is 1. The summed E-state index contributed by atoms with van der Waals surface area (Å²) < 4.78 is 0. The van der Waals surface area contributed by atoms with Crippen LogP contribution in [0.3, 0.4) is 0 Å². The number of nitrogens with one attached hydrogen (secondary N) is 1. The van der Waals surface area contributed by atoms with Gasteiger partial charge in [-0.15, -0.1) is 0 Å². The number of carbonyl (C=O) groups excluding carboxylic acids is 2. The van der Waals surface area contributed by atoms with Gasteiger partial charge in [-0.2, -0.15) is 0 Å². The minimum absolute atomic E-state index is 0.133. The molecule has 0 radical (unpaired) electrons. The molecule has 2 aromatic carbocycles. The Bertz CT molecular complexity index is 922. The number of hydrogen-bond donors (Lipinski definition) is 2. The van der Waals surface area contributed by atoms with Crippen molar-refractivity contribution in [1.29, 1.82) is 0 Å². The lowest BCUT2D eigenvalue weighted by Crippen LogP contribution is -2.36. The number of anilines is 1. The van der Waals surface area contributed by atoms with Crippen molar-refractivity contribution >= 4 is 46.7 Å². The van der Waals surface area contributed by atoms with Crippen LogP contribution in [0.25, 0.3) is 6.08 Å². The molecule has 1 atom stereocenters. The predicted molar refractivity (Wildman–Crippen MR) is 103 cm³/mol. The third kappa shape index (κ3) is 3.73. The van der Waals surface area contributed by atoms with Gasteiger partial charge in [0.15, 0.2) is 11.4 Å². The van der Waals surface area contributed by atoms with Crippen LogP contribution in [-0.2, 0) is 15.2 Å². The molecule has 0 unspecified atom stereocenters. The van der Waals surface area contributed by atoms with Gasteiger partial charge in [0, 0.05) is 10.6 Å². The molecule has 132 valence electrons. The summed E-state index contributed by atoms with van der Waals surface area (Å²) in [5, 5.41) is 13.8. The number of rotatable bonds is 5. The van der Waals surface area contributed by atoms with Gasteiger partial charge in [0.2, 0.25) is 0 Å². The summed E-state index contributed by atoms with van der Waals surface area (Å²) in [7, 11) is 0. The minimum Gasteiger partial charge on any atom is -0.375 e. The normalized spacial score (nSPS) is 19.1. The van der Waals surface area contributed by atoms with Crippen molar-refractivity contribution in [2.24, 2.45) is 0 Å². The summed E-state index contributed by atoms with van der Waals surface area (Å²) in [5.41, 5.74) is -0.524. The first-order valence-electron chi connectivity index (χ1n) is 7.86. The van der Waals surface area contributed by atoms with Crippen LogP contribution in [-0.4, -0.2) is 16.8 Å². The fourth-order valence-corrected chi connectivity index (χ4v) is 3.45. The number of allylic oxidation sites excluding steroid dienone is 3. The fraction of sp³-hybridized carbons (Fsp3) is 0.100. The highest BCUT2D eigenvalue weighted by Crippen LogP contribution is 2.44. The van der Waals surface area contributed by atoms with Gasteiger partial charge >= 0.3 is 0 Å². The van der Waals surface area contributed by atoms with Crippen LogP contribution in [0.15, 0.2) is 60.7 Å². The van der Waals surface area contributed by atoms with Crippen LogP contribution in [0.1, 0.15) is 17.5 Å². The summed E-state index contributed by atoms with van der Waals surface area (Å²) in [6.07, 6.45) is 6.02. The van der Waals surface area contributed by atoms with Crippen molar-refractivity contribution in [3.63, 3.8) is 0 Å². The number of halogens is 2. The number of fused-ring (bicyclic) bond motifs is 1. The van der Waals surface area contributed by atoms with E-state index in [1.54, 1.807) is 12.2 Å². The highest BCUT2D eigenvalue weighted by molar-refractivity contribution is 6.36. The first-order valence-corrected chi connectivity index (χ1v) is 8.62. The largest absolute Gasteiger partial charge is 0.375 e. The number of benzene rings is 2. The molecule has 0 saturated heterocycles. The Morgan fingerprint density at radius 3 is 2.62 bits per heavy atom. The maximum atomic E-state index is 12.2. The average molecular weight is 388 g/mol. The summed E-state index contributed by atoms with van der Waals surface area (Å²) in [6, 6.07) is 12.5. The number of amides is 1. The lowest BCUT2D eigenvalue weighted by Gasteiger charge is -2.20. The van der Waals surface area contributed by atoms with Gasteiger partial charge in [0.1, 0.15) is 0 Å². The van der Waals surface area contributed by atoms with E-state index in [-0.39, 0.29) is 10.6 Å². The van der Waals surface area contributed by atoms with Crippen molar-refractivity contribution in [2.45, 2.75) is 12.0 Å². The maximum Gasteiger partial charge on any atom is 0.261 e. The molecule has 0 bridgehead atoms. The zero-order valence-corrected chi connectivity index (χ0v) is 15.1. The van der Waals surface area contributed by atoms with E-state index in [0.29, 0.717) is 10.7 Å². The number of carbonyl (C=O) groups is 2. The van der Waals surface area contributed by atoms with Crippen LogP contribution in [0.4, 0.5) is 5.69 Å². The zero-order chi connectivity index (χ0) is 18.7. The van der Waals surface area contributed by atoms with Gasteiger partial charge in [-0.25, -0.2) is 0 Å². The van der Waals surface area contributed by atoms with E-state index >= 15 is 0 Å². The smallest absolute Gasteiger partial charge is 0.261 e. The van der Waals surface area contributed by atoms with Crippen molar-refractivity contribution in [2.75, 3.05) is 5.32 Å². The van der Waals surface area contributed by atoms with Gasteiger partial charge < -0.3 is 10.4 Å². The van der Waals surface area contributed by atoms with Crippen molar-refractivity contribution < 1.29 is 14.7 Å². The Morgan fingerprint density at radius 2 is 1.88 bits per heavy atom. The van der Waals surface area contributed by atoms with Crippen LogP contribution >= 0.6 is 23.2 Å². The molecule has 0 spiro atoms. The second kappa shape index (κ2) is 7.46. The maximum absolute atomic E-state index is 12.2. The Morgan fingerprint density at radius 1 is 1.15 bits per heavy atom. The molecule has 0 aliphatic carbocycles. The van der Waals surface area contributed by atoms with Gasteiger partial charge in [0.05, 0.1) is 17.1 Å². The standard InChI is InChI=1S/C20H15Cl2NO3/c21-14-10-16(22)18-17(11-14)23-19(25)20(18,26)12-15(24)9-5-4-8-13-6-2-1-3-7-13/h1-11,26H,12H2,(H,23,25)/b8-4+,9-5+/t20-/m1/s1. The van der Waals surface area contributed by atoms with Gasteiger partial charge in [-0.05, 0) is 23.8 Å². The Balaban J connectivity index is 1.74. The molecule has 2 N–H and O–H groups in total. The molecule has 1 aliphatic heterocycles. The van der Waals surface area contributed by atoms with Gasteiger partial charge in [0.25, 0.3) is 5.91 Å². The zero-order valence-electron chi connectivity index (χ0n) is 13.6. The molecular weight excluding hydrogens is 373 g/mol. The summed E-state index contributed by atoms with van der Waals surface area (Å²) in [4.78, 5) is 24.4. The molecule has 1 amide bonds. The number of aliphatic hydroxyl groups is 1. The molecule has 4 nitrogen and oxygen atoms in total. The molecule has 2 aromatic rings. The van der Waals surface area contributed by atoms with Crippen LogP contribution in [0.5, 0.6) is 0 Å². The highest BCUT2D eigenvalue weighted by atomic mass is 35.5. The molecule has 1 heterocycles. The SMILES string of the molecule is O=C(/C=C/C=C/c1ccccc1)C[C@]1(O)C(=O)Nc2cc(Cl)cc(Cl)c21. The highest BCUT2D eigenvalue weighted by Gasteiger charge is 2.48. The van der Waals surface area contributed by atoms with Crippen LogP contribution in [0, 0.1) is 0 Å². The van der Waals surface area contributed by atoms with Crippen molar-refractivity contribution in [3.8, 4) is 0 Å². The Labute approximate surface area is 160 Å². The topological polar surface area (TPSA) is 66.4 Å². The third-order valence-electron chi connectivity index (χ3n) is 4.00.